The zero-order valence-corrected chi connectivity index (χ0v) is 22.1. The average Bonchev–Trinajstić information content (AvgIpc) is 2.91. The van der Waals surface area contributed by atoms with Crippen LogP contribution in [-0.2, 0) is 20.0 Å². The molecule has 0 fully saturated rings. The van der Waals surface area contributed by atoms with Crippen LogP contribution in [-0.4, -0.2) is 38.9 Å². The molecular formula is C26H24N4O6S2. The standard InChI is InChI=1S/C26H24N4O6S2/c1-3-4-18-29(38(35,36)26-14-10-21(2)11-15-26)27-19-23(22-8-6-5-7-9-22)20-28-37(33,34)25-16-12-24(13-17-25)30(31)32/h5-17,19-20,27H,18H2,1-2H3/b23-19+,28-20+. The van der Waals surface area contributed by atoms with Gasteiger partial charge in [0, 0.05) is 30.1 Å². The lowest BCUT2D eigenvalue weighted by atomic mass is 10.1. The van der Waals surface area contributed by atoms with Crippen LogP contribution in [0.4, 0.5) is 5.69 Å². The fourth-order valence-electron chi connectivity index (χ4n) is 3.08. The molecule has 0 saturated heterocycles. The van der Waals surface area contributed by atoms with Crippen molar-refractivity contribution in [2.75, 3.05) is 6.54 Å². The first-order valence-electron chi connectivity index (χ1n) is 11.1. The molecule has 3 aromatic carbocycles. The molecule has 0 saturated carbocycles. The predicted octanol–water partition coefficient (Wildman–Crippen LogP) is 3.92. The first-order valence-corrected chi connectivity index (χ1v) is 14.0. The van der Waals surface area contributed by atoms with Crippen LogP contribution >= 0.6 is 0 Å². The van der Waals surface area contributed by atoms with Gasteiger partial charge in [-0.2, -0.15) is 12.8 Å². The van der Waals surface area contributed by atoms with Crippen molar-refractivity contribution in [3.05, 3.63) is 106 Å². The van der Waals surface area contributed by atoms with Gasteiger partial charge in [0.1, 0.15) is 0 Å². The third kappa shape index (κ3) is 7.13. The van der Waals surface area contributed by atoms with Crippen molar-refractivity contribution in [1.82, 2.24) is 9.84 Å². The van der Waals surface area contributed by atoms with Crippen molar-refractivity contribution < 1.29 is 21.8 Å². The van der Waals surface area contributed by atoms with Crippen molar-refractivity contribution >= 4 is 37.5 Å². The van der Waals surface area contributed by atoms with Crippen LogP contribution in [0.5, 0.6) is 0 Å². The highest BCUT2D eigenvalue weighted by molar-refractivity contribution is 7.90. The van der Waals surface area contributed by atoms with Crippen molar-refractivity contribution in [1.29, 1.82) is 0 Å². The van der Waals surface area contributed by atoms with Crippen LogP contribution < -0.4 is 5.43 Å². The Kier molecular flexibility index (Phi) is 9.14. The maximum Gasteiger partial charge on any atom is 0.282 e. The molecule has 0 bridgehead atoms. The van der Waals surface area contributed by atoms with E-state index in [1.54, 1.807) is 49.4 Å². The van der Waals surface area contributed by atoms with Crippen LogP contribution in [0.2, 0.25) is 0 Å². The van der Waals surface area contributed by atoms with Crippen molar-refractivity contribution in [2.45, 2.75) is 23.6 Å². The third-order valence-electron chi connectivity index (χ3n) is 5.16. The summed E-state index contributed by atoms with van der Waals surface area (Å²) in [4.78, 5) is 10.0. The Labute approximate surface area is 221 Å². The topological polar surface area (TPSA) is 139 Å². The minimum atomic E-state index is -4.21. The largest absolute Gasteiger partial charge is 0.311 e. The van der Waals surface area contributed by atoms with Gasteiger partial charge in [0.25, 0.3) is 25.7 Å². The van der Waals surface area contributed by atoms with Crippen molar-refractivity contribution in [3.63, 3.8) is 0 Å². The summed E-state index contributed by atoms with van der Waals surface area (Å²) < 4.78 is 56.7. The molecule has 196 valence electrons. The van der Waals surface area contributed by atoms with Gasteiger partial charge in [-0.25, -0.2) is 8.42 Å². The van der Waals surface area contributed by atoms with Crippen molar-refractivity contribution in [3.8, 4) is 11.8 Å². The number of nitrogens with one attached hydrogen (secondary N) is 1. The summed E-state index contributed by atoms with van der Waals surface area (Å²) in [5.41, 5.74) is 4.17. The second kappa shape index (κ2) is 12.3. The molecule has 3 rings (SSSR count). The number of hydrogen-bond donors (Lipinski definition) is 1. The van der Waals surface area contributed by atoms with Gasteiger partial charge in [0.15, 0.2) is 0 Å². The molecule has 0 spiro atoms. The second-order valence-corrected chi connectivity index (χ2v) is 11.3. The number of nitro benzene ring substituents is 1. The SMILES string of the molecule is CC#CCN(N/C=C(\C=N\S(=O)(=O)c1ccc([N+](=O)[O-])cc1)c1ccccc1)S(=O)(=O)c1ccc(C)cc1. The summed E-state index contributed by atoms with van der Waals surface area (Å²) in [5, 5.41) is 10.9. The Morgan fingerprint density at radius 1 is 0.974 bits per heavy atom. The van der Waals surface area contributed by atoms with Crippen LogP contribution in [0.25, 0.3) is 5.57 Å². The number of sulfonamides is 2. The van der Waals surface area contributed by atoms with Crippen LogP contribution in [0.3, 0.4) is 0 Å². The van der Waals surface area contributed by atoms with E-state index in [2.05, 4.69) is 21.7 Å². The molecule has 12 heteroatoms. The number of benzene rings is 3. The Balaban J connectivity index is 1.98. The van der Waals surface area contributed by atoms with Gasteiger partial charge in [-0.15, -0.1) is 10.3 Å². The molecule has 38 heavy (non-hydrogen) atoms. The molecule has 0 aromatic heterocycles. The van der Waals surface area contributed by atoms with Crippen LogP contribution in [0.1, 0.15) is 18.1 Å². The lowest BCUT2D eigenvalue weighted by molar-refractivity contribution is -0.384. The predicted molar refractivity (Wildman–Crippen MR) is 145 cm³/mol. The van der Waals surface area contributed by atoms with Gasteiger partial charge in [-0.05, 0) is 43.7 Å². The number of allylic oxidation sites excluding steroid dienone is 1. The van der Waals surface area contributed by atoms with Crippen molar-refractivity contribution in [2.24, 2.45) is 4.40 Å². The maximum atomic E-state index is 13.3. The summed E-state index contributed by atoms with van der Waals surface area (Å²) >= 11 is 0. The summed E-state index contributed by atoms with van der Waals surface area (Å²) in [6.07, 6.45) is 2.38. The fraction of sp³-hybridized carbons (Fsp3) is 0.115. The van der Waals surface area contributed by atoms with E-state index >= 15 is 0 Å². The van der Waals surface area contributed by atoms with E-state index in [0.717, 1.165) is 40.5 Å². The smallest absolute Gasteiger partial charge is 0.282 e. The minimum absolute atomic E-state index is 0.0533. The zero-order chi connectivity index (χ0) is 27.8. The third-order valence-corrected chi connectivity index (χ3v) is 8.09. The molecular weight excluding hydrogens is 528 g/mol. The Hall–Kier alpha value is -4.31. The highest BCUT2D eigenvalue weighted by Crippen LogP contribution is 2.20. The highest BCUT2D eigenvalue weighted by atomic mass is 32.2. The minimum Gasteiger partial charge on any atom is -0.311 e. The molecule has 0 heterocycles. The van der Waals surface area contributed by atoms with Gasteiger partial charge < -0.3 is 5.43 Å². The molecule has 0 radical (unpaired) electrons. The zero-order valence-electron chi connectivity index (χ0n) is 20.5. The van der Waals surface area contributed by atoms with Gasteiger partial charge in [0.2, 0.25) is 0 Å². The summed E-state index contributed by atoms with van der Waals surface area (Å²) in [7, 11) is -8.22. The number of nitro groups is 1. The fourth-order valence-corrected chi connectivity index (χ4v) is 5.10. The Morgan fingerprint density at radius 2 is 1.58 bits per heavy atom. The van der Waals surface area contributed by atoms with E-state index in [4.69, 9.17) is 0 Å². The number of hydrogen-bond acceptors (Lipinski definition) is 7. The molecule has 10 nitrogen and oxygen atoms in total. The van der Waals surface area contributed by atoms with E-state index in [-0.39, 0.29) is 27.6 Å². The Morgan fingerprint density at radius 3 is 2.16 bits per heavy atom. The molecule has 0 aliphatic rings. The normalized spacial score (nSPS) is 12.2. The lowest BCUT2D eigenvalue weighted by Gasteiger charge is -2.20. The van der Waals surface area contributed by atoms with Crippen LogP contribution in [0.15, 0.2) is 99.3 Å². The van der Waals surface area contributed by atoms with E-state index in [1.165, 1.54) is 18.3 Å². The number of hydrazine groups is 1. The van der Waals surface area contributed by atoms with E-state index in [9.17, 15) is 26.9 Å². The summed E-state index contributed by atoms with van der Waals surface area (Å²) in [5.74, 6) is 5.38. The first kappa shape index (κ1) is 28.3. The molecule has 3 aromatic rings. The molecule has 0 unspecified atom stereocenters. The molecule has 0 aliphatic heterocycles. The molecule has 0 amide bonds. The summed E-state index contributed by atoms with van der Waals surface area (Å²) in [6, 6.07) is 19.3. The van der Waals surface area contributed by atoms with E-state index in [1.807, 2.05) is 6.92 Å². The number of nitrogens with zero attached hydrogens (tertiary/aromatic N) is 3. The van der Waals surface area contributed by atoms with E-state index in [0.29, 0.717) is 5.56 Å². The van der Waals surface area contributed by atoms with Gasteiger partial charge >= 0.3 is 0 Å². The average molecular weight is 553 g/mol. The highest BCUT2D eigenvalue weighted by Gasteiger charge is 2.23. The quantitative estimate of drug-likeness (QED) is 0.174. The first-order chi connectivity index (χ1) is 18.0. The molecule has 0 atom stereocenters. The maximum absolute atomic E-state index is 13.3. The summed E-state index contributed by atoms with van der Waals surface area (Å²) in [6.45, 7) is 3.25. The molecule has 1 N–H and O–H groups in total. The lowest BCUT2D eigenvalue weighted by Crippen LogP contribution is -2.40. The monoisotopic (exact) mass is 552 g/mol. The number of rotatable bonds is 10. The van der Waals surface area contributed by atoms with Crippen LogP contribution in [0, 0.1) is 28.9 Å². The second-order valence-electron chi connectivity index (χ2n) is 7.81. The Bertz CT molecular complexity index is 1620. The van der Waals surface area contributed by atoms with Gasteiger partial charge in [-0.3, -0.25) is 10.1 Å². The van der Waals surface area contributed by atoms with Gasteiger partial charge in [0.05, 0.1) is 21.3 Å². The number of aryl methyl sites for hydroxylation is 1. The van der Waals surface area contributed by atoms with E-state index < -0.39 is 25.0 Å². The molecule has 0 aliphatic carbocycles. The number of non-ortho nitro benzene ring substituents is 1. The van der Waals surface area contributed by atoms with Gasteiger partial charge in [-0.1, -0.05) is 53.9 Å².